The highest BCUT2D eigenvalue weighted by molar-refractivity contribution is 5.36. The maximum absolute atomic E-state index is 12.7. The van der Waals surface area contributed by atoms with Gasteiger partial charge in [0.15, 0.2) is 11.7 Å². The Kier molecular flexibility index (Phi) is 3.40. The molecule has 0 spiro atoms. The number of alkyl halides is 8. The first-order chi connectivity index (χ1) is 8.64. The third-order valence-corrected chi connectivity index (χ3v) is 2.31. The van der Waals surface area contributed by atoms with E-state index in [-0.39, 0.29) is 0 Å². The number of rotatable bonds is 0. The van der Waals surface area contributed by atoms with Gasteiger partial charge in [-0.2, -0.15) is 35.1 Å². The molecule has 0 aromatic rings. The Hall–Kier alpha value is -1.36. The van der Waals surface area contributed by atoms with Crippen LogP contribution in [0.5, 0.6) is 0 Å². The van der Waals surface area contributed by atoms with E-state index < -0.39 is 47.0 Å². The molecule has 1 aliphatic rings. The highest BCUT2D eigenvalue weighted by atomic mass is 19.4. The second-order valence-electron chi connectivity index (χ2n) is 3.55. The van der Waals surface area contributed by atoms with Gasteiger partial charge in [0, 0.05) is 0 Å². The van der Waals surface area contributed by atoms with E-state index in [4.69, 9.17) is 0 Å². The lowest BCUT2D eigenvalue weighted by molar-refractivity contribution is -0.355. The summed E-state index contributed by atoms with van der Waals surface area (Å²) < 4.78 is 152. The molecule has 0 nitrogen and oxygen atoms in total. The number of allylic oxidation sites excluding steroid dienone is 4. The zero-order chi connectivity index (χ0) is 16.3. The second kappa shape index (κ2) is 4.07. The fraction of sp³-hybridized carbons (Fsp3) is 0.500. The van der Waals surface area contributed by atoms with E-state index in [1.54, 1.807) is 0 Å². The number of hydrogen-bond donors (Lipinski definition) is 0. The van der Waals surface area contributed by atoms with Crippen molar-refractivity contribution in [1.29, 1.82) is 0 Å². The second-order valence-corrected chi connectivity index (χ2v) is 3.55. The molecule has 0 aliphatic heterocycles. The van der Waals surface area contributed by atoms with Gasteiger partial charge in [-0.1, -0.05) is 0 Å². The van der Waals surface area contributed by atoms with Crippen LogP contribution in [0.3, 0.4) is 0 Å². The van der Waals surface area contributed by atoms with Crippen molar-refractivity contribution in [3.8, 4) is 0 Å². The van der Waals surface area contributed by atoms with Gasteiger partial charge in [0.1, 0.15) is 0 Å². The largest absolute Gasteiger partial charge is 0.385 e. The van der Waals surface area contributed by atoms with Crippen LogP contribution in [0, 0.1) is 0 Å². The van der Waals surface area contributed by atoms with Crippen molar-refractivity contribution in [3.63, 3.8) is 0 Å². The standard InChI is InChI=1S/C8F12/c9-1-2(10)4(12)6(15,16)8(19,20)7(17,18)5(13,14)3(1)11. The Balaban J connectivity index is 3.90. The van der Waals surface area contributed by atoms with Crippen molar-refractivity contribution < 1.29 is 52.7 Å². The van der Waals surface area contributed by atoms with E-state index in [1.807, 2.05) is 0 Å². The van der Waals surface area contributed by atoms with Gasteiger partial charge < -0.3 is 0 Å². The molecule has 0 fully saturated rings. The van der Waals surface area contributed by atoms with Gasteiger partial charge in [-0.3, -0.25) is 0 Å². The fourth-order valence-electron chi connectivity index (χ4n) is 1.14. The summed E-state index contributed by atoms with van der Waals surface area (Å²) in [5, 5.41) is 0. The highest BCUT2D eigenvalue weighted by Crippen LogP contribution is 2.59. The minimum absolute atomic E-state index is 3.76. The van der Waals surface area contributed by atoms with Gasteiger partial charge in [-0.15, -0.1) is 0 Å². The predicted molar refractivity (Wildman–Crippen MR) is 38.3 cm³/mol. The average molecular weight is 324 g/mol. The molecule has 0 unspecified atom stereocenters. The first-order valence-electron chi connectivity index (χ1n) is 4.27. The topological polar surface area (TPSA) is 0 Å². The summed E-state index contributed by atoms with van der Waals surface area (Å²) in [6.45, 7) is 0. The van der Waals surface area contributed by atoms with Crippen LogP contribution in [0.25, 0.3) is 0 Å². The number of hydrogen-bond acceptors (Lipinski definition) is 0. The zero-order valence-corrected chi connectivity index (χ0v) is 8.54. The van der Waals surface area contributed by atoms with Crippen molar-refractivity contribution >= 4 is 0 Å². The summed E-state index contributed by atoms with van der Waals surface area (Å²) in [7, 11) is 0. The number of halogens is 12. The zero-order valence-electron chi connectivity index (χ0n) is 8.54. The van der Waals surface area contributed by atoms with Gasteiger partial charge in [0.2, 0.25) is 11.7 Å². The Bertz CT molecular complexity index is 450. The van der Waals surface area contributed by atoms with Crippen LogP contribution in [0.1, 0.15) is 0 Å². The molecule has 1 rings (SSSR count). The minimum Gasteiger partial charge on any atom is -0.201 e. The molecular formula is C8F12. The van der Waals surface area contributed by atoms with Crippen LogP contribution in [-0.4, -0.2) is 23.7 Å². The molecule has 116 valence electrons. The average Bonchev–Trinajstić information content (AvgIpc) is 2.33. The molecule has 0 bridgehead atoms. The van der Waals surface area contributed by atoms with Gasteiger partial charge >= 0.3 is 23.7 Å². The van der Waals surface area contributed by atoms with Crippen molar-refractivity contribution in [2.45, 2.75) is 23.7 Å². The monoisotopic (exact) mass is 324 g/mol. The molecule has 20 heavy (non-hydrogen) atoms. The van der Waals surface area contributed by atoms with Gasteiger partial charge in [0.25, 0.3) is 0 Å². The van der Waals surface area contributed by atoms with Gasteiger partial charge in [-0.25, -0.2) is 17.6 Å². The van der Waals surface area contributed by atoms with Crippen LogP contribution in [0.2, 0.25) is 0 Å². The Labute approximate surface area is 101 Å². The van der Waals surface area contributed by atoms with E-state index >= 15 is 0 Å². The smallest absolute Gasteiger partial charge is 0.201 e. The fourth-order valence-corrected chi connectivity index (χ4v) is 1.14. The Morgan fingerprint density at radius 1 is 0.450 bits per heavy atom. The molecular weight excluding hydrogens is 324 g/mol. The molecule has 0 aromatic heterocycles. The summed E-state index contributed by atoms with van der Waals surface area (Å²) in [4.78, 5) is 0. The maximum Gasteiger partial charge on any atom is 0.385 e. The third kappa shape index (κ3) is 1.65. The van der Waals surface area contributed by atoms with Gasteiger partial charge in [0.05, 0.1) is 0 Å². The van der Waals surface area contributed by atoms with Crippen molar-refractivity contribution in [3.05, 3.63) is 23.3 Å². The molecule has 0 amide bonds. The van der Waals surface area contributed by atoms with E-state index in [0.717, 1.165) is 0 Å². The van der Waals surface area contributed by atoms with Crippen LogP contribution >= 0.6 is 0 Å². The van der Waals surface area contributed by atoms with Crippen LogP contribution in [0.4, 0.5) is 52.7 Å². The molecule has 0 radical (unpaired) electrons. The summed E-state index contributed by atoms with van der Waals surface area (Å²) in [6, 6.07) is 0. The molecule has 0 saturated carbocycles. The van der Waals surface area contributed by atoms with Gasteiger partial charge in [-0.05, 0) is 0 Å². The van der Waals surface area contributed by atoms with Crippen LogP contribution in [-0.2, 0) is 0 Å². The Morgan fingerprint density at radius 3 is 0.850 bits per heavy atom. The van der Waals surface area contributed by atoms with Crippen molar-refractivity contribution in [1.82, 2.24) is 0 Å². The normalized spacial score (nSPS) is 28.2. The Morgan fingerprint density at radius 2 is 0.650 bits per heavy atom. The molecule has 12 heteroatoms. The molecule has 0 saturated heterocycles. The van der Waals surface area contributed by atoms with Crippen LogP contribution in [0.15, 0.2) is 23.3 Å². The molecule has 0 aromatic carbocycles. The maximum atomic E-state index is 12.7. The first kappa shape index (κ1) is 16.7. The minimum atomic E-state index is -7.23. The lowest BCUT2D eigenvalue weighted by atomic mass is 9.93. The van der Waals surface area contributed by atoms with E-state index in [2.05, 4.69) is 0 Å². The predicted octanol–water partition coefficient (Wildman–Crippen LogP) is 4.84. The van der Waals surface area contributed by atoms with E-state index in [9.17, 15) is 52.7 Å². The summed E-state index contributed by atoms with van der Waals surface area (Å²) in [6.07, 6.45) is 0. The SMILES string of the molecule is FC1=C(F)C(F)(F)C(F)(F)C(F)(F)C(F)(F)C(F)=C1F. The van der Waals surface area contributed by atoms with Crippen LogP contribution < -0.4 is 0 Å². The van der Waals surface area contributed by atoms with E-state index in [1.165, 1.54) is 0 Å². The molecule has 1 aliphatic carbocycles. The summed E-state index contributed by atoms with van der Waals surface area (Å²) in [5.41, 5.74) is 0. The lowest BCUT2D eigenvalue weighted by Gasteiger charge is -2.36. The molecule has 0 heterocycles. The summed E-state index contributed by atoms with van der Waals surface area (Å²) >= 11 is 0. The van der Waals surface area contributed by atoms with Crippen molar-refractivity contribution in [2.24, 2.45) is 0 Å². The first-order valence-corrected chi connectivity index (χ1v) is 4.27. The quantitative estimate of drug-likeness (QED) is 0.559. The van der Waals surface area contributed by atoms with Crippen molar-refractivity contribution in [2.75, 3.05) is 0 Å². The van der Waals surface area contributed by atoms with E-state index in [0.29, 0.717) is 0 Å². The lowest BCUT2D eigenvalue weighted by Crippen LogP contribution is -2.63. The third-order valence-electron chi connectivity index (χ3n) is 2.31. The molecule has 0 N–H and O–H groups in total. The summed E-state index contributed by atoms with van der Waals surface area (Å²) in [5.74, 6) is -43.9. The highest BCUT2D eigenvalue weighted by Gasteiger charge is 2.84. The molecule has 0 atom stereocenters.